The van der Waals surface area contributed by atoms with Crippen molar-refractivity contribution < 1.29 is 19.6 Å². The molecular formula is C15H11NO5. The predicted molar refractivity (Wildman–Crippen MR) is 74.0 cm³/mol. The molecule has 0 aliphatic heterocycles. The van der Waals surface area contributed by atoms with Crippen LogP contribution in [0.4, 0.5) is 5.69 Å². The van der Waals surface area contributed by atoms with Gasteiger partial charge in [0.1, 0.15) is 11.7 Å². The van der Waals surface area contributed by atoms with Gasteiger partial charge >= 0.3 is 0 Å². The minimum Gasteiger partial charge on any atom is -0.381 e. The molecule has 1 unspecified atom stereocenters. The van der Waals surface area contributed by atoms with E-state index in [-0.39, 0.29) is 22.4 Å². The molecule has 0 amide bonds. The molecule has 6 nitrogen and oxygen atoms in total. The van der Waals surface area contributed by atoms with Gasteiger partial charge in [-0.3, -0.25) is 14.9 Å². The number of rotatable bonds is 5. The van der Waals surface area contributed by atoms with Crippen LogP contribution >= 0.6 is 0 Å². The summed E-state index contributed by atoms with van der Waals surface area (Å²) in [5.41, 5.74) is -0.229. The Balaban J connectivity index is 2.56. The zero-order chi connectivity index (χ0) is 15.4. The molecule has 0 bridgehead atoms. The van der Waals surface area contributed by atoms with Gasteiger partial charge in [-0.05, 0) is 11.6 Å². The molecule has 0 saturated heterocycles. The van der Waals surface area contributed by atoms with Gasteiger partial charge in [0, 0.05) is 11.6 Å². The van der Waals surface area contributed by atoms with Gasteiger partial charge in [0.2, 0.25) is 0 Å². The Labute approximate surface area is 119 Å². The molecule has 106 valence electrons. The first-order valence-electron chi connectivity index (χ1n) is 6.06. The van der Waals surface area contributed by atoms with Gasteiger partial charge in [0.05, 0.1) is 4.92 Å². The number of aliphatic hydroxyl groups excluding tert-OH is 1. The highest BCUT2D eigenvalue weighted by Gasteiger charge is 2.24. The number of benzene rings is 2. The largest absolute Gasteiger partial charge is 0.381 e. The summed E-state index contributed by atoms with van der Waals surface area (Å²) in [6, 6.07) is 11.5. The number of nitro benzene ring substituents is 1. The molecule has 0 aliphatic rings. The summed E-state index contributed by atoms with van der Waals surface area (Å²) in [4.78, 5) is 33.5. The van der Waals surface area contributed by atoms with E-state index in [4.69, 9.17) is 0 Å². The van der Waals surface area contributed by atoms with E-state index in [2.05, 4.69) is 0 Å². The molecule has 0 saturated carbocycles. The van der Waals surface area contributed by atoms with Crippen molar-refractivity contribution >= 4 is 17.8 Å². The van der Waals surface area contributed by atoms with Gasteiger partial charge < -0.3 is 9.90 Å². The third-order valence-corrected chi connectivity index (χ3v) is 3.00. The van der Waals surface area contributed by atoms with E-state index in [1.165, 1.54) is 36.4 Å². The van der Waals surface area contributed by atoms with Crippen LogP contribution in [0.2, 0.25) is 0 Å². The number of aldehydes is 1. The standard InChI is InChI=1S/C15H11NO5/c17-9-14(18)10-5-1-2-6-11(10)15(19)12-7-3-4-8-13(12)16(20)21/h1-9,14,18H. The fraction of sp³-hybridized carbons (Fsp3) is 0.0667. The zero-order valence-electron chi connectivity index (χ0n) is 10.8. The number of ketones is 1. The fourth-order valence-electron chi connectivity index (χ4n) is 2.00. The lowest BCUT2D eigenvalue weighted by Crippen LogP contribution is -2.11. The summed E-state index contributed by atoms with van der Waals surface area (Å²) in [6.07, 6.45) is -1.15. The molecule has 1 atom stereocenters. The maximum absolute atomic E-state index is 12.5. The van der Waals surface area contributed by atoms with Crippen LogP contribution in [0.1, 0.15) is 27.6 Å². The van der Waals surface area contributed by atoms with E-state index < -0.39 is 16.8 Å². The third kappa shape index (κ3) is 2.85. The maximum atomic E-state index is 12.5. The molecule has 2 rings (SSSR count). The van der Waals surface area contributed by atoms with Crippen molar-refractivity contribution in [3.8, 4) is 0 Å². The third-order valence-electron chi connectivity index (χ3n) is 3.00. The van der Waals surface area contributed by atoms with Gasteiger partial charge in [-0.15, -0.1) is 0 Å². The Morgan fingerprint density at radius 3 is 2.29 bits per heavy atom. The first-order chi connectivity index (χ1) is 10.1. The summed E-state index contributed by atoms with van der Waals surface area (Å²) in [5.74, 6) is -0.612. The molecule has 0 aliphatic carbocycles. The van der Waals surface area contributed by atoms with E-state index >= 15 is 0 Å². The minimum absolute atomic E-state index is 0.0615. The van der Waals surface area contributed by atoms with Crippen LogP contribution in [0.3, 0.4) is 0 Å². The second-order valence-corrected chi connectivity index (χ2v) is 4.27. The summed E-state index contributed by atoms with van der Waals surface area (Å²) >= 11 is 0. The Kier molecular flexibility index (Phi) is 4.20. The molecule has 21 heavy (non-hydrogen) atoms. The summed E-state index contributed by atoms with van der Waals surface area (Å²) < 4.78 is 0. The average molecular weight is 285 g/mol. The molecular weight excluding hydrogens is 274 g/mol. The number of hydrogen-bond donors (Lipinski definition) is 1. The molecule has 1 N–H and O–H groups in total. The quantitative estimate of drug-likeness (QED) is 0.392. The monoisotopic (exact) mass is 285 g/mol. The molecule has 0 heterocycles. The maximum Gasteiger partial charge on any atom is 0.280 e. The Hall–Kier alpha value is -2.86. The van der Waals surface area contributed by atoms with Crippen molar-refractivity contribution in [1.29, 1.82) is 0 Å². The number of aliphatic hydroxyl groups is 1. The summed E-state index contributed by atoms with van der Waals surface area (Å²) in [6.45, 7) is 0. The second kappa shape index (κ2) is 6.06. The minimum atomic E-state index is -1.45. The van der Waals surface area contributed by atoms with E-state index in [1.807, 2.05) is 0 Å². The number of para-hydroxylation sites is 1. The Morgan fingerprint density at radius 2 is 1.67 bits per heavy atom. The van der Waals surface area contributed by atoms with Gasteiger partial charge in [-0.2, -0.15) is 0 Å². The lowest BCUT2D eigenvalue weighted by molar-refractivity contribution is -0.385. The second-order valence-electron chi connectivity index (χ2n) is 4.27. The highest BCUT2D eigenvalue weighted by molar-refractivity contribution is 6.12. The van der Waals surface area contributed by atoms with Crippen LogP contribution in [0, 0.1) is 10.1 Å². The van der Waals surface area contributed by atoms with Crippen LogP contribution in [0.5, 0.6) is 0 Å². The fourth-order valence-corrected chi connectivity index (χ4v) is 2.00. The number of carbonyl (C=O) groups excluding carboxylic acids is 2. The highest BCUT2D eigenvalue weighted by atomic mass is 16.6. The SMILES string of the molecule is O=CC(O)c1ccccc1C(=O)c1ccccc1[N+](=O)[O-]. The van der Waals surface area contributed by atoms with E-state index in [9.17, 15) is 24.8 Å². The van der Waals surface area contributed by atoms with Crippen molar-refractivity contribution in [2.75, 3.05) is 0 Å². The van der Waals surface area contributed by atoms with Gasteiger partial charge in [-0.25, -0.2) is 0 Å². The topological polar surface area (TPSA) is 97.5 Å². The lowest BCUT2D eigenvalue weighted by atomic mass is 9.95. The van der Waals surface area contributed by atoms with Crippen molar-refractivity contribution in [2.24, 2.45) is 0 Å². The van der Waals surface area contributed by atoms with E-state index in [1.54, 1.807) is 12.1 Å². The first-order valence-corrected chi connectivity index (χ1v) is 6.06. The highest BCUT2D eigenvalue weighted by Crippen LogP contribution is 2.25. The van der Waals surface area contributed by atoms with Crippen molar-refractivity contribution in [3.05, 3.63) is 75.3 Å². The van der Waals surface area contributed by atoms with Gasteiger partial charge in [-0.1, -0.05) is 36.4 Å². The van der Waals surface area contributed by atoms with Crippen LogP contribution in [0.15, 0.2) is 48.5 Å². The van der Waals surface area contributed by atoms with Crippen molar-refractivity contribution in [1.82, 2.24) is 0 Å². The molecule has 2 aromatic carbocycles. The van der Waals surface area contributed by atoms with Crippen LogP contribution in [-0.2, 0) is 4.79 Å². The van der Waals surface area contributed by atoms with Gasteiger partial charge in [0.25, 0.3) is 5.69 Å². The first kappa shape index (κ1) is 14.5. The predicted octanol–water partition coefficient (Wildman–Crippen LogP) is 2.06. The van der Waals surface area contributed by atoms with E-state index in [0.717, 1.165) is 0 Å². The normalized spacial score (nSPS) is 11.7. The molecule has 6 heteroatoms. The zero-order valence-corrected chi connectivity index (χ0v) is 10.8. The lowest BCUT2D eigenvalue weighted by Gasteiger charge is -2.10. The van der Waals surface area contributed by atoms with Crippen LogP contribution in [0.25, 0.3) is 0 Å². The molecule has 2 aromatic rings. The summed E-state index contributed by atoms with van der Waals surface area (Å²) in [7, 11) is 0. The number of nitro groups is 1. The van der Waals surface area contributed by atoms with Crippen LogP contribution in [-0.4, -0.2) is 22.1 Å². The number of carbonyl (C=O) groups is 2. The number of hydrogen-bond acceptors (Lipinski definition) is 5. The van der Waals surface area contributed by atoms with Crippen molar-refractivity contribution in [3.63, 3.8) is 0 Å². The number of nitrogens with zero attached hydrogens (tertiary/aromatic N) is 1. The smallest absolute Gasteiger partial charge is 0.280 e. The molecule has 0 radical (unpaired) electrons. The van der Waals surface area contributed by atoms with Crippen molar-refractivity contribution in [2.45, 2.75) is 6.10 Å². The summed E-state index contributed by atoms with van der Waals surface area (Å²) in [5, 5.41) is 20.6. The molecule has 0 fully saturated rings. The Bertz CT molecular complexity index is 711. The van der Waals surface area contributed by atoms with Gasteiger partial charge in [0.15, 0.2) is 12.1 Å². The Morgan fingerprint density at radius 1 is 1.10 bits per heavy atom. The average Bonchev–Trinajstić information content (AvgIpc) is 2.53. The molecule has 0 spiro atoms. The molecule has 0 aromatic heterocycles. The van der Waals surface area contributed by atoms with Crippen LogP contribution < -0.4 is 0 Å². The van der Waals surface area contributed by atoms with E-state index in [0.29, 0.717) is 6.29 Å².